The summed E-state index contributed by atoms with van der Waals surface area (Å²) in [5.74, 6) is -0.00540. The predicted octanol–water partition coefficient (Wildman–Crippen LogP) is -0.0346. The van der Waals surface area contributed by atoms with E-state index in [2.05, 4.69) is 22.5 Å². The van der Waals surface area contributed by atoms with Gasteiger partial charge >= 0.3 is 0 Å². The number of amides is 1. The molecule has 0 aliphatic carbocycles. The Morgan fingerprint density at radius 3 is 2.67 bits per heavy atom. The van der Waals surface area contributed by atoms with Gasteiger partial charge in [0.1, 0.15) is 6.61 Å². The minimum absolute atomic E-state index is 0.00540. The van der Waals surface area contributed by atoms with E-state index in [9.17, 15) is 4.79 Å². The Hall–Kier alpha value is -0.650. The van der Waals surface area contributed by atoms with Crippen LogP contribution < -0.4 is 10.6 Å². The van der Waals surface area contributed by atoms with E-state index in [-0.39, 0.29) is 18.1 Å². The van der Waals surface area contributed by atoms with Crippen LogP contribution in [0.2, 0.25) is 0 Å². The molecular weight excluding hydrogens is 230 g/mol. The van der Waals surface area contributed by atoms with Crippen molar-refractivity contribution in [1.82, 2.24) is 15.5 Å². The van der Waals surface area contributed by atoms with Crippen LogP contribution in [0.25, 0.3) is 0 Å². The summed E-state index contributed by atoms with van der Waals surface area (Å²) >= 11 is 0. The summed E-state index contributed by atoms with van der Waals surface area (Å²) in [6.45, 7) is 9.10. The van der Waals surface area contributed by atoms with Gasteiger partial charge in [-0.15, -0.1) is 0 Å². The minimum atomic E-state index is -0.141. The van der Waals surface area contributed by atoms with Gasteiger partial charge in [-0.25, -0.2) is 0 Å². The lowest BCUT2D eigenvalue weighted by Crippen LogP contribution is -2.59. The first-order valence-corrected chi connectivity index (χ1v) is 6.94. The molecule has 2 aliphatic rings. The van der Waals surface area contributed by atoms with E-state index in [4.69, 9.17) is 4.74 Å². The Bertz CT molecular complexity index is 286. The highest BCUT2D eigenvalue weighted by Crippen LogP contribution is 2.14. The number of hydrogen-bond donors (Lipinski definition) is 2. The van der Waals surface area contributed by atoms with Crippen LogP contribution >= 0.6 is 0 Å². The molecule has 0 aromatic heterocycles. The van der Waals surface area contributed by atoms with E-state index >= 15 is 0 Å². The molecule has 104 valence electrons. The highest BCUT2D eigenvalue weighted by molar-refractivity contribution is 5.77. The van der Waals surface area contributed by atoms with Crippen LogP contribution in [0.4, 0.5) is 0 Å². The Morgan fingerprint density at radius 2 is 2.11 bits per heavy atom. The van der Waals surface area contributed by atoms with Crippen molar-refractivity contribution >= 4 is 5.91 Å². The van der Waals surface area contributed by atoms with Crippen molar-refractivity contribution in [3.8, 4) is 0 Å². The van der Waals surface area contributed by atoms with Gasteiger partial charge in [-0.05, 0) is 39.8 Å². The lowest BCUT2D eigenvalue weighted by atomic mass is 10.0. The van der Waals surface area contributed by atoms with Crippen LogP contribution in [0.3, 0.4) is 0 Å². The van der Waals surface area contributed by atoms with Crippen molar-refractivity contribution in [2.24, 2.45) is 0 Å². The summed E-state index contributed by atoms with van der Waals surface area (Å²) < 4.78 is 5.60. The monoisotopic (exact) mass is 255 g/mol. The lowest BCUT2D eigenvalue weighted by molar-refractivity contribution is -0.136. The van der Waals surface area contributed by atoms with Crippen LogP contribution in [0.1, 0.15) is 26.7 Å². The molecule has 0 aromatic carbocycles. The quantitative estimate of drug-likeness (QED) is 0.699. The summed E-state index contributed by atoms with van der Waals surface area (Å²) in [5.41, 5.74) is -0.141. The van der Waals surface area contributed by atoms with Crippen molar-refractivity contribution in [2.75, 3.05) is 39.3 Å². The van der Waals surface area contributed by atoms with Gasteiger partial charge in [0, 0.05) is 25.7 Å². The molecule has 2 fully saturated rings. The van der Waals surface area contributed by atoms with E-state index in [1.807, 2.05) is 6.92 Å². The van der Waals surface area contributed by atoms with E-state index in [1.165, 1.54) is 12.8 Å². The molecule has 18 heavy (non-hydrogen) atoms. The molecule has 2 saturated heterocycles. The number of nitrogens with zero attached hydrogens (tertiary/aromatic N) is 1. The number of likely N-dealkylation sites (tertiary alicyclic amines) is 1. The fourth-order valence-electron chi connectivity index (χ4n) is 2.44. The average molecular weight is 255 g/mol. The third-order valence-electron chi connectivity index (χ3n) is 3.91. The smallest absolute Gasteiger partial charge is 0.246 e. The second-order valence-electron chi connectivity index (χ2n) is 5.74. The predicted molar refractivity (Wildman–Crippen MR) is 70.5 cm³/mol. The van der Waals surface area contributed by atoms with Crippen LogP contribution in [0.15, 0.2) is 0 Å². The van der Waals surface area contributed by atoms with E-state index in [1.54, 1.807) is 0 Å². The first-order chi connectivity index (χ1) is 8.59. The number of carbonyl (C=O) groups excluding carboxylic acids is 1. The Balaban J connectivity index is 1.59. The summed E-state index contributed by atoms with van der Waals surface area (Å²) in [5, 5.41) is 6.10. The standard InChI is InChI=1S/C13H25N3O2/c1-11(16-5-3-4-6-16)7-15-12(17)8-18-13(2)9-14-10-13/h11,14H,3-10H2,1-2H3,(H,15,17). The van der Waals surface area contributed by atoms with Crippen molar-refractivity contribution in [3.63, 3.8) is 0 Å². The first kappa shape index (κ1) is 13.8. The fraction of sp³-hybridized carbons (Fsp3) is 0.923. The largest absolute Gasteiger partial charge is 0.363 e. The molecule has 0 saturated carbocycles. The highest BCUT2D eigenvalue weighted by atomic mass is 16.5. The van der Waals surface area contributed by atoms with Gasteiger partial charge in [0.2, 0.25) is 5.91 Å². The number of carbonyl (C=O) groups is 1. The second-order valence-corrected chi connectivity index (χ2v) is 5.74. The average Bonchev–Trinajstić information content (AvgIpc) is 2.84. The SMILES string of the molecule is CC(CNC(=O)COC1(C)CNC1)N1CCCC1. The molecule has 0 bridgehead atoms. The van der Waals surface area contributed by atoms with Gasteiger partial charge in [0.15, 0.2) is 0 Å². The highest BCUT2D eigenvalue weighted by Gasteiger charge is 2.33. The number of hydrogen-bond acceptors (Lipinski definition) is 4. The van der Waals surface area contributed by atoms with E-state index < -0.39 is 0 Å². The summed E-state index contributed by atoms with van der Waals surface area (Å²) in [6, 6.07) is 0.428. The Morgan fingerprint density at radius 1 is 1.44 bits per heavy atom. The molecule has 5 heteroatoms. The molecule has 2 rings (SSSR count). The second kappa shape index (κ2) is 5.99. The maximum absolute atomic E-state index is 11.7. The molecule has 1 amide bonds. The van der Waals surface area contributed by atoms with Crippen LogP contribution in [0, 0.1) is 0 Å². The number of nitrogens with one attached hydrogen (secondary N) is 2. The zero-order valence-electron chi connectivity index (χ0n) is 11.5. The zero-order valence-corrected chi connectivity index (χ0v) is 11.5. The number of rotatable bonds is 6. The van der Waals surface area contributed by atoms with Gasteiger partial charge in [-0.3, -0.25) is 9.69 Å². The fourth-order valence-corrected chi connectivity index (χ4v) is 2.44. The molecule has 0 spiro atoms. The normalized spacial score (nSPS) is 24.6. The Kier molecular flexibility index (Phi) is 4.59. The first-order valence-electron chi connectivity index (χ1n) is 6.94. The summed E-state index contributed by atoms with van der Waals surface area (Å²) in [6.07, 6.45) is 2.57. The molecular formula is C13H25N3O2. The molecule has 2 aliphatic heterocycles. The molecule has 2 N–H and O–H groups in total. The third kappa shape index (κ3) is 3.67. The van der Waals surface area contributed by atoms with Crippen molar-refractivity contribution in [1.29, 1.82) is 0 Å². The third-order valence-corrected chi connectivity index (χ3v) is 3.91. The molecule has 0 aromatic rings. The van der Waals surface area contributed by atoms with Gasteiger partial charge in [0.05, 0.1) is 5.60 Å². The number of ether oxygens (including phenoxy) is 1. The molecule has 5 nitrogen and oxygen atoms in total. The van der Waals surface area contributed by atoms with E-state index in [0.29, 0.717) is 6.04 Å². The molecule has 1 atom stereocenters. The van der Waals surface area contributed by atoms with Gasteiger partial charge in [0.25, 0.3) is 0 Å². The molecule has 0 radical (unpaired) electrons. The van der Waals surface area contributed by atoms with Gasteiger partial charge in [-0.1, -0.05) is 0 Å². The molecule has 1 unspecified atom stereocenters. The van der Waals surface area contributed by atoms with Crippen molar-refractivity contribution in [3.05, 3.63) is 0 Å². The van der Waals surface area contributed by atoms with Crippen LogP contribution in [-0.4, -0.2) is 61.8 Å². The summed E-state index contributed by atoms with van der Waals surface area (Å²) in [4.78, 5) is 14.1. The van der Waals surface area contributed by atoms with Gasteiger partial charge < -0.3 is 15.4 Å². The van der Waals surface area contributed by atoms with E-state index in [0.717, 1.165) is 32.7 Å². The zero-order chi connectivity index (χ0) is 13.0. The maximum Gasteiger partial charge on any atom is 0.246 e. The van der Waals surface area contributed by atoms with Crippen molar-refractivity contribution in [2.45, 2.75) is 38.3 Å². The Labute approximate surface area is 109 Å². The molecule has 2 heterocycles. The topological polar surface area (TPSA) is 53.6 Å². The van der Waals surface area contributed by atoms with Crippen molar-refractivity contribution < 1.29 is 9.53 Å². The summed E-state index contributed by atoms with van der Waals surface area (Å²) in [7, 11) is 0. The van der Waals surface area contributed by atoms with Crippen LogP contribution in [0.5, 0.6) is 0 Å². The van der Waals surface area contributed by atoms with Crippen LogP contribution in [-0.2, 0) is 9.53 Å². The lowest BCUT2D eigenvalue weighted by Gasteiger charge is -2.38. The van der Waals surface area contributed by atoms with Gasteiger partial charge in [-0.2, -0.15) is 0 Å². The maximum atomic E-state index is 11.7. The minimum Gasteiger partial charge on any atom is -0.363 e.